The van der Waals surface area contributed by atoms with Crippen LogP contribution in [-0.4, -0.2) is 28.9 Å². The third-order valence-corrected chi connectivity index (χ3v) is 4.84. The minimum absolute atomic E-state index is 0.00202. The number of hydrogen-bond donors (Lipinski definition) is 2. The summed E-state index contributed by atoms with van der Waals surface area (Å²) in [5.41, 5.74) is 2.16. The quantitative estimate of drug-likeness (QED) is 0.594. The molecular weight excluding hydrogens is 328 g/mol. The first-order valence-electron chi connectivity index (χ1n) is 9.22. The molecule has 1 aliphatic carbocycles. The molecule has 26 heavy (non-hydrogen) atoms. The second-order valence-electron chi connectivity index (χ2n) is 6.94. The van der Waals surface area contributed by atoms with Crippen LogP contribution in [0.25, 0.3) is 0 Å². The van der Waals surface area contributed by atoms with Crippen LogP contribution in [0.4, 0.5) is 0 Å². The van der Waals surface area contributed by atoms with E-state index in [1.807, 2.05) is 24.3 Å². The standard InChI is InChI=1S/C22H28O4/c1-3-5-19(14-22(24)25)18-10-12-20(13-11-18)26-15-17-6-4-7-21(23)16(2)8-9-17/h9-13,16,19,21,23H,4,6-8,14-15H2,1-2H3,(H,24,25)/t16-,19?,21-/m1/s1. The van der Waals surface area contributed by atoms with Gasteiger partial charge < -0.3 is 14.9 Å². The molecule has 0 aliphatic heterocycles. The van der Waals surface area contributed by atoms with Gasteiger partial charge in [-0.3, -0.25) is 4.79 Å². The average Bonchev–Trinajstić information content (AvgIpc) is 2.61. The highest BCUT2D eigenvalue weighted by atomic mass is 16.5. The molecule has 2 N–H and O–H groups in total. The molecule has 0 amide bonds. The van der Waals surface area contributed by atoms with Gasteiger partial charge in [-0.25, -0.2) is 0 Å². The Kier molecular flexibility index (Phi) is 7.74. The summed E-state index contributed by atoms with van der Waals surface area (Å²) in [5.74, 6) is 5.66. The van der Waals surface area contributed by atoms with Crippen molar-refractivity contribution < 1.29 is 19.7 Å². The van der Waals surface area contributed by atoms with Crippen molar-refractivity contribution in [3.63, 3.8) is 0 Å². The van der Waals surface area contributed by atoms with Gasteiger partial charge in [0.2, 0.25) is 0 Å². The Morgan fingerprint density at radius 1 is 1.35 bits per heavy atom. The molecule has 0 fully saturated rings. The Bertz CT molecular complexity index is 678. The van der Waals surface area contributed by atoms with E-state index in [1.165, 1.54) is 5.57 Å². The highest BCUT2D eigenvalue weighted by Gasteiger charge is 2.16. The minimum atomic E-state index is -0.853. The number of aliphatic hydroxyl groups excluding tert-OH is 1. The van der Waals surface area contributed by atoms with Crippen LogP contribution in [0.3, 0.4) is 0 Å². The van der Waals surface area contributed by atoms with Gasteiger partial charge in [-0.2, -0.15) is 0 Å². The number of carboxylic acid groups (broad SMARTS) is 1. The summed E-state index contributed by atoms with van der Waals surface area (Å²) in [6.07, 6.45) is 5.65. The molecule has 0 aromatic heterocycles. The highest BCUT2D eigenvalue weighted by Crippen LogP contribution is 2.25. The Hall–Kier alpha value is -2.25. The fourth-order valence-corrected chi connectivity index (χ4v) is 3.14. The average molecular weight is 356 g/mol. The topological polar surface area (TPSA) is 66.8 Å². The number of aliphatic hydroxyl groups is 1. The van der Waals surface area contributed by atoms with Gasteiger partial charge in [0.1, 0.15) is 12.4 Å². The van der Waals surface area contributed by atoms with Gasteiger partial charge >= 0.3 is 5.97 Å². The number of rotatable bonds is 6. The predicted octanol–water partition coefficient (Wildman–Crippen LogP) is 4.14. The molecule has 0 bridgehead atoms. The molecule has 1 aromatic carbocycles. The van der Waals surface area contributed by atoms with Gasteiger partial charge in [-0.15, -0.1) is 5.92 Å². The van der Waals surface area contributed by atoms with E-state index in [0.29, 0.717) is 6.61 Å². The lowest BCUT2D eigenvalue weighted by atomic mass is 9.91. The van der Waals surface area contributed by atoms with E-state index in [9.17, 15) is 9.90 Å². The van der Waals surface area contributed by atoms with Crippen LogP contribution in [-0.2, 0) is 4.79 Å². The smallest absolute Gasteiger partial charge is 0.304 e. The SMILES string of the molecule is CC#CC(CC(=O)O)c1ccc(OCC2=CC[C@@H](C)[C@H](O)CCC2)cc1. The summed E-state index contributed by atoms with van der Waals surface area (Å²) in [5, 5.41) is 19.0. The molecule has 1 unspecified atom stereocenters. The van der Waals surface area contributed by atoms with Gasteiger partial charge in [-0.05, 0) is 61.8 Å². The van der Waals surface area contributed by atoms with Crippen LogP contribution in [0, 0.1) is 17.8 Å². The molecule has 0 saturated heterocycles. The molecule has 0 heterocycles. The summed E-state index contributed by atoms with van der Waals surface area (Å²) in [4.78, 5) is 11.0. The second-order valence-corrected chi connectivity index (χ2v) is 6.94. The maximum absolute atomic E-state index is 11.0. The molecule has 2 rings (SSSR count). The number of aliphatic carboxylic acids is 1. The van der Waals surface area contributed by atoms with Crippen molar-refractivity contribution in [1.82, 2.24) is 0 Å². The van der Waals surface area contributed by atoms with Crippen LogP contribution in [0.5, 0.6) is 5.75 Å². The van der Waals surface area contributed by atoms with E-state index in [0.717, 1.165) is 37.0 Å². The normalized spacial score (nSPS) is 21.4. The lowest BCUT2D eigenvalue weighted by Crippen LogP contribution is -2.19. The third kappa shape index (κ3) is 6.24. The first-order valence-corrected chi connectivity index (χ1v) is 9.22. The van der Waals surface area contributed by atoms with Crippen LogP contribution in [0.2, 0.25) is 0 Å². The third-order valence-electron chi connectivity index (χ3n) is 4.84. The molecule has 0 spiro atoms. The van der Waals surface area contributed by atoms with E-state index in [4.69, 9.17) is 9.84 Å². The summed E-state index contributed by atoms with van der Waals surface area (Å²) >= 11 is 0. The van der Waals surface area contributed by atoms with Gasteiger partial charge in [0.25, 0.3) is 0 Å². The molecular formula is C22H28O4. The van der Waals surface area contributed by atoms with Crippen LogP contribution in [0.1, 0.15) is 57.4 Å². The van der Waals surface area contributed by atoms with Gasteiger partial charge in [0.05, 0.1) is 18.4 Å². The number of carboxylic acids is 1. The summed E-state index contributed by atoms with van der Waals surface area (Å²) in [6, 6.07) is 7.52. The lowest BCUT2D eigenvalue weighted by Gasteiger charge is -2.21. The fraction of sp³-hybridized carbons (Fsp3) is 0.500. The van der Waals surface area contributed by atoms with E-state index in [2.05, 4.69) is 24.8 Å². The first-order chi connectivity index (χ1) is 12.5. The van der Waals surface area contributed by atoms with Crippen molar-refractivity contribution >= 4 is 5.97 Å². The van der Waals surface area contributed by atoms with Crippen molar-refractivity contribution in [2.45, 2.75) is 58.0 Å². The lowest BCUT2D eigenvalue weighted by molar-refractivity contribution is -0.137. The Morgan fingerprint density at radius 2 is 2.08 bits per heavy atom. The number of allylic oxidation sites excluding steroid dienone is 1. The molecule has 0 saturated carbocycles. The zero-order chi connectivity index (χ0) is 18.9. The van der Waals surface area contributed by atoms with Crippen LogP contribution >= 0.6 is 0 Å². The fourth-order valence-electron chi connectivity index (χ4n) is 3.14. The summed E-state index contributed by atoms with van der Waals surface area (Å²) < 4.78 is 5.90. The first kappa shape index (κ1) is 20.1. The largest absolute Gasteiger partial charge is 0.489 e. The van der Waals surface area contributed by atoms with Crippen LogP contribution in [0.15, 0.2) is 35.9 Å². The van der Waals surface area contributed by atoms with Crippen molar-refractivity contribution in [2.24, 2.45) is 5.92 Å². The van der Waals surface area contributed by atoms with Crippen molar-refractivity contribution in [3.05, 3.63) is 41.5 Å². The van der Waals surface area contributed by atoms with Gasteiger partial charge in [0, 0.05) is 0 Å². The number of ether oxygens (including phenoxy) is 1. The Balaban J connectivity index is 1.96. The summed E-state index contributed by atoms with van der Waals surface area (Å²) in [7, 11) is 0. The number of hydrogen-bond acceptors (Lipinski definition) is 3. The van der Waals surface area contributed by atoms with Gasteiger partial charge in [-0.1, -0.05) is 31.1 Å². The number of carbonyl (C=O) groups is 1. The van der Waals surface area contributed by atoms with E-state index in [1.54, 1.807) is 6.92 Å². The van der Waals surface area contributed by atoms with Crippen LogP contribution < -0.4 is 4.74 Å². The van der Waals surface area contributed by atoms with Crippen molar-refractivity contribution in [1.29, 1.82) is 0 Å². The van der Waals surface area contributed by atoms with Crippen molar-refractivity contribution in [3.8, 4) is 17.6 Å². The maximum atomic E-state index is 11.0. The maximum Gasteiger partial charge on any atom is 0.304 e. The van der Waals surface area contributed by atoms with Gasteiger partial charge in [0.15, 0.2) is 0 Å². The monoisotopic (exact) mass is 356 g/mol. The molecule has 0 radical (unpaired) electrons. The molecule has 1 aliphatic rings. The van der Waals surface area contributed by atoms with E-state index >= 15 is 0 Å². The second kappa shape index (κ2) is 10.0. The molecule has 140 valence electrons. The minimum Gasteiger partial charge on any atom is -0.489 e. The van der Waals surface area contributed by atoms with Crippen molar-refractivity contribution in [2.75, 3.05) is 6.61 Å². The highest BCUT2D eigenvalue weighted by molar-refractivity contribution is 5.69. The Morgan fingerprint density at radius 3 is 2.73 bits per heavy atom. The number of benzene rings is 1. The molecule has 1 aromatic rings. The molecule has 4 heteroatoms. The summed E-state index contributed by atoms with van der Waals surface area (Å²) in [6.45, 7) is 4.35. The van der Waals surface area contributed by atoms with E-state index < -0.39 is 5.97 Å². The predicted molar refractivity (Wildman–Crippen MR) is 102 cm³/mol. The zero-order valence-electron chi connectivity index (χ0n) is 15.6. The Labute approximate surface area is 155 Å². The zero-order valence-corrected chi connectivity index (χ0v) is 15.6. The van der Waals surface area contributed by atoms with E-state index in [-0.39, 0.29) is 24.4 Å². The molecule has 3 atom stereocenters. The molecule has 4 nitrogen and oxygen atoms in total.